The van der Waals surface area contributed by atoms with E-state index in [0.29, 0.717) is 48.0 Å². The monoisotopic (exact) mass is 416 g/mol. The van der Waals surface area contributed by atoms with E-state index in [1.165, 1.54) is 17.4 Å². The zero-order valence-electron chi connectivity index (χ0n) is 16.7. The van der Waals surface area contributed by atoms with Crippen LogP contribution in [0.4, 0.5) is 4.39 Å². The summed E-state index contributed by atoms with van der Waals surface area (Å²) in [5, 5.41) is 0. The largest absolute Gasteiger partial charge is 0.494 e. The number of unbranched alkanes of at least 4 members (excludes halogenated alkanes) is 1. The normalized spacial score (nSPS) is 11.9. The molecule has 0 fully saturated rings. The fourth-order valence-corrected chi connectivity index (χ4v) is 3.95. The van der Waals surface area contributed by atoms with Gasteiger partial charge in [0, 0.05) is 18.7 Å². The summed E-state index contributed by atoms with van der Waals surface area (Å²) in [7, 11) is 0. The van der Waals surface area contributed by atoms with Gasteiger partial charge in [-0.05, 0) is 43.7 Å². The van der Waals surface area contributed by atoms with Crippen LogP contribution in [0.25, 0.3) is 10.2 Å². The molecule has 1 heterocycles. The Morgan fingerprint density at radius 1 is 1.17 bits per heavy atom. The number of hydrogen-bond donors (Lipinski definition) is 0. The van der Waals surface area contributed by atoms with E-state index in [0.717, 1.165) is 17.5 Å². The number of carbonyl (C=O) groups is 1. The lowest BCUT2D eigenvalue weighted by Crippen LogP contribution is -2.20. The summed E-state index contributed by atoms with van der Waals surface area (Å²) in [5.41, 5.74) is 0.883. The molecule has 0 N–H and O–H groups in total. The average Bonchev–Trinajstić information content (AvgIpc) is 3.07. The number of benzene rings is 2. The van der Waals surface area contributed by atoms with Crippen LogP contribution in [0.5, 0.6) is 5.75 Å². The van der Waals surface area contributed by atoms with Gasteiger partial charge in [-0.2, -0.15) is 4.99 Å². The maximum Gasteiger partial charge on any atom is 0.279 e. The number of aromatic nitrogens is 1. The Hall–Kier alpha value is -2.51. The van der Waals surface area contributed by atoms with Crippen molar-refractivity contribution in [3.05, 3.63) is 58.6 Å². The molecule has 3 rings (SSSR count). The Morgan fingerprint density at radius 3 is 2.79 bits per heavy atom. The van der Waals surface area contributed by atoms with Gasteiger partial charge in [0.15, 0.2) is 4.80 Å². The third kappa shape index (κ3) is 5.31. The summed E-state index contributed by atoms with van der Waals surface area (Å²) < 4.78 is 28.0. The van der Waals surface area contributed by atoms with Crippen molar-refractivity contribution >= 4 is 27.5 Å². The summed E-state index contributed by atoms with van der Waals surface area (Å²) in [6.07, 6.45) is 1.99. The van der Waals surface area contributed by atoms with E-state index in [9.17, 15) is 9.18 Å². The minimum absolute atomic E-state index is 0.338. The predicted octanol–water partition coefficient (Wildman–Crippen LogP) is 4.80. The van der Waals surface area contributed by atoms with Crippen LogP contribution in [0.1, 0.15) is 37.0 Å². The van der Waals surface area contributed by atoms with Crippen molar-refractivity contribution < 1.29 is 18.7 Å². The molecule has 0 bridgehead atoms. The molecule has 0 saturated carbocycles. The number of rotatable bonds is 9. The Bertz CT molecular complexity index is 1040. The summed E-state index contributed by atoms with van der Waals surface area (Å²) >= 11 is 1.29. The van der Waals surface area contributed by atoms with Crippen LogP contribution in [0.15, 0.2) is 47.5 Å². The molecular formula is C22H25FN2O3S. The molecule has 7 heteroatoms. The first-order valence-electron chi connectivity index (χ1n) is 9.81. The van der Waals surface area contributed by atoms with Gasteiger partial charge in [-0.25, -0.2) is 4.39 Å². The number of para-hydroxylation sites is 1. The highest BCUT2D eigenvalue weighted by Crippen LogP contribution is 2.21. The van der Waals surface area contributed by atoms with Crippen molar-refractivity contribution in [2.24, 2.45) is 4.99 Å². The molecule has 0 spiro atoms. The van der Waals surface area contributed by atoms with Crippen LogP contribution in [0.2, 0.25) is 0 Å². The van der Waals surface area contributed by atoms with Crippen molar-refractivity contribution in [1.29, 1.82) is 0 Å². The molecule has 5 nitrogen and oxygen atoms in total. The SMILES string of the molecule is CCCCOc1cccc(C(=O)N=c2sc3cccc(F)c3n2CCOCC)c1. The molecule has 1 aromatic heterocycles. The third-order valence-electron chi connectivity index (χ3n) is 4.36. The number of fused-ring (bicyclic) bond motifs is 1. The number of thiazole rings is 1. The van der Waals surface area contributed by atoms with Crippen molar-refractivity contribution in [2.45, 2.75) is 33.2 Å². The second-order valence-corrected chi connectivity index (χ2v) is 7.48. The van der Waals surface area contributed by atoms with Gasteiger partial charge in [0.05, 0.1) is 23.4 Å². The minimum Gasteiger partial charge on any atom is -0.494 e. The Balaban J connectivity index is 1.94. The molecule has 0 radical (unpaired) electrons. The van der Waals surface area contributed by atoms with Gasteiger partial charge >= 0.3 is 0 Å². The first-order valence-corrected chi connectivity index (χ1v) is 10.6. The maximum atomic E-state index is 14.4. The summed E-state index contributed by atoms with van der Waals surface area (Å²) in [6, 6.07) is 11.9. The van der Waals surface area contributed by atoms with Crippen molar-refractivity contribution in [3.8, 4) is 5.75 Å². The van der Waals surface area contributed by atoms with E-state index in [2.05, 4.69) is 11.9 Å². The van der Waals surface area contributed by atoms with Crippen LogP contribution in [-0.4, -0.2) is 30.3 Å². The highest BCUT2D eigenvalue weighted by molar-refractivity contribution is 7.16. The molecule has 0 unspecified atom stereocenters. The van der Waals surface area contributed by atoms with Gasteiger partial charge in [0.2, 0.25) is 0 Å². The molecule has 0 aliphatic carbocycles. The van der Waals surface area contributed by atoms with Gasteiger partial charge in [0.25, 0.3) is 5.91 Å². The molecule has 3 aromatic rings. The molecule has 2 aromatic carbocycles. The highest BCUT2D eigenvalue weighted by atomic mass is 32.1. The number of nitrogens with zero attached hydrogens (tertiary/aromatic N) is 2. The summed E-state index contributed by atoms with van der Waals surface area (Å²) in [5.74, 6) is -0.0790. The standard InChI is InChI=1S/C22H25FN2O3S/c1-3-5-13-28-17-9-6-8-16(15-17)21(26)24-22-25(12-14-27-4-2)20-18(23)10-7-11-19(20)29-22/h6-11,15H,3-5,12-14H2,1-2H3. The number of ether oxygens (including phenoxy) is 2. The zero-order chi connectivity index (χ0) is 20.6. The Labute approximate surface area is 173 Å². The van der Waals surface area contributed by atoms with Crippen LogP contribution in [0, 0.1) is 5.82 Å². The molecule has 1 amide bonds. The van der Waals surface area contributed by atoms with Gasteiger partial charge in [-0.15, -0.1) is 0 Å². The number of amides is 1. The minimum atomic E-state index is -0.386. The van der Waals surface area contributed by atoms with Gasteiger partial charge < -0.3 is 14.0 Å². The van der Waals surface area contributed by atoms with Gasteiger partial charge in [-0.1, -0.05) is 36.8 Å². The van der Waals surface area contributed by atoms with Crippen molar-refractivity contribution in [1.82, 2.24) is 4.57 Å². The molecule has 154 valence electrons. The van der Waals surface area contributed by atoms with E-state index in [1.807, 2.05) is 19.1 Å². The van der Waals surface area contributed by atoms with Crippen LogP contribution < -0.4 is 9.54 Å². The van der Waals surface area contributed by atoms with Crippen LogP contribution in [-0.2, 0) is 11.3 Å². The topological polar surface area (TPSA) is 52.8 Å². The summed E-state index contributed by atoms with van der Waals surface area (Å²) in [6.45, 7) is 6.01. The van der Waals surface area contributed by atoms with Crippen LogP contribution >= 0.6 is 11.3 Å². The van der Waals surface area contributed by atoms with Crippen molar-refractivity contribution in [3.63, 3.8) is 0 Å². The van der Waals surface area contributed by atoms with Crippen LogP contribution in [0.3, 0.4) is 0 Å². The Kier molecular flexibility index (Phi) is 7.55. The first-order chi connectivity index (χ1) is 14.1. The average molecular weight is 417 g/mol. The molecule has 0 saturated heterocycles. The molecular weight excluding hydrogens is 391 g/mol. The maximum absolute atomic E-state index is 14.4. The van der Waals surface area contributed by atoms with Crippen molar-refractivity contribution in [2.75, 3.05) is 19.8 Å². The second kappa shape index (κ2) is 10.3. The molecule has 0 aliphatic rings. The lowest BCUT2D eigenvalue weighted by molar-refractivity contribution is 0.0996. The zero-order valence-corrected chi connectivity index (χ0v) is 17.5. The van der Waals surface area contributed by atoms with E-state index >= 15 is 0 Å². The molecule has 0 atom stereocenters. The van der Waals surface area contributed by atoms with Gasteiger partial charge in [-0.3, -0.25) is 4.79 Å². The van der Waals surface area contributed by atoms with E-state index in [1.54, 1.807) is 28.8 Å². The quantitative estimate of drug-likeness (QED) is 0.471. The molecule has 0 aliphatic heterocycles. The second-order valence-electron chi connectivity index (χ2n) is 6.47. The number of hydrogen-bond acceptors (Lipinski definition) is 4. The first kappa shape index (κ1) is 21.2. The smallest absolute Gasteiger partial charge is 0.279 e. The lowest BCUT2D eigenvalue weighted by atomic mass is 10.2. The molecule has 29 heavy (non-hydrogen) atoms. The van der Waals surface area contributed by atoms with E-state index in [-0.39, 0.29) is 11.7 Å². The predicted molar refractivity (Wildman–Crippen MR) is 113 cm³/mol. The third-order valence-corrected chi connectivity index (χ3v) is 5.40. The lowest BCUT2D eigenvalue weighted by Gasteiger charge is -2.07. The number of halogens is 1. The van der Waals surface area contributed by atoms with E-state index in [4.69, 9.17) is 9.47 Å². The Morgan fingerprint density at radius 2 is 2.00 bits per heavy atom. The van der Waals surface area contributed by atoms with E-state index < -0.39 is 0 Å². The fraction of sp³-hybridized carbons (Fsp3) is 0.364. The van der Waals surface area contributed by atoms with Gasteiger partial charge in [0.1, 0.15) is 11.6 Å². The fourth-order valence-electron chi connectivity index (χ4n) is 2.88. The highest BCUT2D eigenvalue weighted by Gasteiger charge is 2.13. The number of carbonyl (C=O) groups excluding carboxylic acids is 1. The summed E-state index contributed by atoms with van der Waals surface area (Å²) in [4.78, 5) is 17.5.